The number of benzene rings is 2. The molecule has 1 aliphatic heterocycles. The smallest absolute Gasteiger partial charge is 0.322 e. The van der Waals surface area contributed by atoms with Gasteiger partial charge in [-0.2, -0.15) is 0 Å². The van der Waals surface area contributed by atoms with Crippen molar-refractivity contribution in [1.29, 1.82) is 0 Å². The Morgan fingerprint density at radius 3 is 2.56 bits per heavy atom. The van der Waals surface area contributed by atoms with Crippen molar-refractivity contribution in [2.45, 2.75) is 39.2 Å². The van der Waals surface area contributed by atoms with Crippen LogP contribution in [0.3, 0.4) is 0 Å². The average Bonchev–Trinajstić information content (AvgIpc) is 2.83. The molecular formula is C27H30N4O3. The maximum atomic E-state index is 13.0. The summed E-state index contributed by atoms with van der Waals surface area (Å²) in [6.45, 7) is 7.61. The number of nitrogens with one attached hydrogen (secondary N) is 2. The van der Waals surface area contributed by atoms with Crippen LogP contribution in [0.1, 0.15) is 48.0 Å². The Labute approximate surface area is 200 Å². The van der Waals surface area contributed by atoms with Gasteiger partial charge in [-0.25, -0.2) is 4.79 Å². The topological polar surface area (TPSA) is 83.6 Å². The summed E-state index contributed by atoms with van der Waals surface area (Å²) < 4.78 is 5.98. The summed E-state index contributed by atoms with van der Waals surface area (Å²) >= 11 is 0. The number of fused-ring (bicyclic) bond motifs is 1. The molecule has 0 saturated carbocycles. The number of nitrogens with zero attached hydrogens (tertiary/aromatic N) is 2. The van der Waals surface area contributed by atoms with Crippen molar-refractivity contribution >= 4 is 17.6 Å². The minimum atomic E-state index is -0.273. The Bertz CT molecular complexity index is 1220. The number of hydrogen-bond acceptors (Lipinski definition) is 4. The molecule has 2 heterocycles. The van der Waals surface area contributed by atoms with Crippen molar-refractivity contribution in [3.8, 4) is 11.5 Å². The highest BCUT2D eigenvalue weighted by atomic mass is 16.5. The lowest BCUT2D eigenvalue weighted by Crippen LogP contribution is -2.38. The number of anilines is 1. The highest BCUT2D eigenvalue weighted by Gasteiger charge is 2.22. The lowest BCUT2D eigenvalue weighted by Gasteiger charge is -2.29. The molecule has 1 aliphatic rings. The van der Waals surface area contributed by atoms with E-state index in [0.29, 0.717) is 24.6 Å². The van der Waals surface area contributed by atoms with Crippen LogP contribution < -0.4 is 15.4 Å². The number of hydrogen-bond donors (Lipinski definition) is 2. The Kier molecular flexibility index (Phi) is 6.54. The Morgan fingerprint density at radius 1 is 1.00 bits per heavy atom. The van der Waals surface area contributed by atoms with Crippen LogP contribution in [0.5, 0.6) is 11.5 Å². The van der Waals surface area contributed by atoms with Crippen molar-refractivity contribution in [3.63, 3.8) is 0 Å². The molecule has 7 heteroatoms. The van der Waals surface area contributed by atoms with Gasteiger partial charge in [0.25, 0.3) is 5.91 Å². The van der Waals surface area contributed by atoms with Crippen molar-refractivity contribution < 1.29 is 14.3 Å². The number of pyridine rings is 1. The molecule has 0 unspecified atom stereocenters. The first-order chi connectivity index (χ1) is 16.2. The van der Waals surface area contributed by atoms with Crippen LogP contribution in [-0.4, -0.2) is 35.4 Å². The number of urea groups is 1. The molecular weight excluding hydrogens is 428 g/mol. The summed E-state index contributed by atoms with van der Waals surface area (Å²) in [7, 11) is 1.56. The van der Waals surface area contributed by atoms with Gasteiger partial charge in [0.2, 0.25) is 0 Å². The number of carbonyl (C=O) groups excluding carboxylic acids is 2. The lowest BCUT2D eigenvalue weighted by molar-refractivity contribution is 0.0957. The van der Waals surface area contributed by atoms with Crippen LogP contribution in [0.15, 0.2) is 60.8 Å². The molecule has 0 bridgehead atoms. The number of ether oxygens (including phenoxy) is 1. The van der Waals surface area contributed by atoms with Crippen LogP contribution in [0.2, 0.25) is 0 Å². The van der Waals surface area contributed by atoms with Crippen molar-refractivity contribution in [3.05, 3.63) is 83.2 Å². The molecule has 2 aromatic carbocycles. The van der Waals surface area contributed by atoms with Crippen LogP contribution in [0, 0.1) is 0 Å². The highest BCUT2D eigenvalue weighted by Crippen LogP contribution is 2.29. The second kappa shape index (κ2) is 9.55. The maximum Gasteiger partial charge on any atom is 0.322 e. The van der Waals surface area contributed by atoms with Gasteiger partial charge in [0.15, 0.2) is 0 Å². The summed E-state index contributed by atoms with van der Waals surface area (Å²) in [5.74, 6) is 0.899. The molecule has 0 radical (unpaired) electrons. The van der Waals surface area contributed by atoms with Crippen LogP contribution >= 0.6 is 0 Å². The Balaban J connectivity index is 1.46. The quantitative estimate of drug-likeness (QED) is 0.568. The van der Waals surface area contributed by atoms with Gasteiger partial charge in [-0.3, -0.25) is 9.78 Å². The van der Waals surface area contributed by atoms with Crippen molar-refractivity contribution in [1.82, 2.24) is 15.2 Å². The third-order valence-electron chi connectivity index (χ3n) is 5.88. The molecule has 176 valence electrons. The molecule has 7 nitrogen and oxygen atoms in total. The summed E-state index contributed by atoms with van der Waals surface area (Å²) in [4.78, 5) is 30.7. The van der Waals surface area contributed by atoms with Gasteiger partial charge in [0.1, 0.15) is 17.2 Å². The molecule has 34 heavy (non-hydrogen) atoms. The van der Waals surface area contributed by atoms with Crippen molar-refractivity contribution in [2.75, 3.05) is 18.9 Å². The first-order valence-corrected chi connectivity index (χ1v) is 11.4. The molecule has 0 saturated heterocycles. The SMILES string of the molecule is CNC(=O)c1cc(Oc2ccc3c(c2)CN(C(=O)Nc2cccc(C(C)(C)C)c2)CC3)ccn1. The molecule has 0 spiro atoms. The van der Waals surface area contributed by atoms with E-state index in [1.807, 2.05) is 41.3 Å². The van der Waals surface area contributed by atoms with E-state index in [0.717, 1.165) is 17.7 Å². The van der Waals surface area contributed by atoms with E-state index >= 15 is 0 Å². The van der Waals surface area contributed by atoms with E-state index in [1.165, 1.54) is 11.1 Å². The first-order valence-electron chi connectivity index (χ1n) is 11.4. The zero-order chi connectivity index (χ0) is 24.3. The van der Waals surface area contributed by atoms with Gasteiger partial charge >= 0.3 is 6.03 Å². The summed E-state index contributed by atoms with van der Waals surface area (Å²) in [5, 5.41) is 5.60. The molecule has 2 N–H and O–H groups in total. The van der Waals surface area contributed by atoms with Gasteiger partial charge in [-0.15, -0.1) is 0 Å². The second-order valence-electron chi connectivity index (χ2n) is 9.42. The predicted molar refractivity (Wildman–Crippen MR) is 132 cm³/mol. The number of aromatic nitrogens is 1. The van der Waals surface area contributed by atoms with Gasteiger partial charge in [0, 0.05) is 38.1 Å². The summed E-state index contributed by atoms with van der Waals surface area (Å²) in [6.07, 6.45) is 2.32. The fraction of sp³-hybridized carbons (Fsp3) is 0.296. The summed E-state index contributed by atoms with van der Waals surface area (Å²) in [5.41, 5.74) is 4.51. The van der Waals surface area contributed by atoms with Gasteiger partial charge in [-0.05, 0) is 58.9 Å². The first kappa shape index (κ1) is 23.3. The van der Waals surface area contributed by atoms with E-state index in [-0.39, 0.29) is 23.0 Å². The molecule has 4 rings (SSSR count). The monoisotopic (exact) mass is 458 g/mol. The highest BCUT2D eigenvalue weighted by molar-refractivity contribution is 5.92. The molecule has 0 aliphatic carbocycles. The molecule has 3 aromatic rings. The van der Waals surface area contributed by atoms with E-state index in [2.05, 4.69) is 42.5 Å². The number of amides is 3. The minimum Gasteiger partial charge on any atom is -0.457 e. The number of carbonyl (C=O) groups is 2. The van der Waals surface area contributed by atoms with E-state index < -0.39 is 0 Å². The fourth-order valence-electron chi connectivity index (χ4n) is 3.90. The third kappa shape index (κ3) is 5.36. The summed E-state index contributed by atoms with van der Waals surface area (Å²) in [6, 6.07) is 17.1. The van der Waals surface area contributed by atoms with E-state index in [1.54, 1.807) is 25.4 Å². The zero-order valence-corrected chi connectivity index (χ0v) is 20.0. The molecule has 1 aromatic heterocycles. The molecule has 0 atom stereocenters. The average molecular weight is 459 g/mol. The standard InChI is InChI=1S/C27H30N4O3/c1-27(2,3)20-6-5-7-21(15-20)30-26(33)31-13-11-18-8-9-22(14-19(18)17-31)34-23-10-12-29-24(16-23)25(32)28-4/h5-10,12,14-16H,11,13,17H2,1-4H3,(H,28,32)(H,30,33). The van der Waals surface area contributed by atoms with Gasteiger partial charge < -0.3 is 20.3 Å². The largest absolute Gasteiger partial charge is 0.457 e. The minimum absolute atomic E-state index is 0.0110. The normalized spacial score (nSPS) is 13.1. The second-order valence-corrected chi connectivity index (χ2v) is 9.42. The van der Waals surface area contributed by atoms with Gasteiger partial charge in [0.05, 0.1) is 0 Å². The molecule has 0 fully saturated rings. The maximum absolute atomic E-state index is 13.0. The Hall–Kier alpha value is -3.87. The molecule has 3 amide bonds. The Morgan fingerprint density at radius 2 is 1.79 bits per heavy atom. The van der Waals surface area contributed by atoms with E-state index in [4.69, 9.17) is 4.74 Å². The predicted octanol–water partition coefficient (Wildman–Crippen LogP) is 5.12. The third-order valence-corrected chi connectivity index (χ3v) is 5.88. The van der Waals surface area contributed by atoms with Crippen LogP contribution in [-0.2, 0) is 18.4 Å². The van der Waals surface area contributed by atoms with Crippen molar-refractivity contribution in [2.24, 2.45) is 0 Å². The zero-order valence-electron chi connectivity index (χ0n) is 20.0. The fourth-order valence-corrected chi connectivity index (χ4v) is 3.90. The van der Waals surface area contributed by atoms with Crippen LogP contribution in [0.4, 0.5) is 10.5 Å². The lowest BCUT2D eigenvalue weighted by atomic mass is 9.87. The van der Waals surface area contributed by atoms with E-state index in [9.17, 15) is 9.59 Å². The number of rotatable bonds is 4. The van der Waals surface area contributed by atoms with Gasteiger partial charge in [-0.1, -0.05) is 39.0 Å². The van der Waals surface area contributed by atoms with Crippen LogP contribution in [0.25, 0.3) is 0 Å².